The van der Waals surface area contributed by atoms with Gasteiger partial charge < -0.3 is 15.5 Å². The van der Waals surface area contributed by atoms with Crippen LogP contribution in [0.3, 0.4) is 0 Å². The van der Waals surface area contributed by atoms with Crippen LogP contribution in [-0.2, 0) is 4.79 Å². The molecule has 0 aromatic heterocycles. The molecule has 3 rings (SSSR count). The Morgan fingerprint density at radius 1 is 1.04 bits per heavy atom. The average molecular weight is 355 g/mol. The summed E-state index contributed by atoms with van der Waals surface area (Å²) in [6.07, 6.45) is 2.82. The van der Waals surface area contributed by atoms with Crippen molar-refractivity contribution in [3.8, 4) is 0 Å². The monoisotopic (exact) mass is 355 g/mol. The highest BCUT2D eigenvalue weighted by molar-refractivity contribution is 5.91. The molecular weight excluding hydrogens is 329 g/mol. The minimum atomic E-state index is -0.268. The summed E-state index contributed by atoms with van der Waals surface area (Å²) in [7, 11) is 0. The summed E-state index contributed by atoms with van der Waals surface area (Å²) in [5.74, 6) is 0.503. The first-order chi connectivity index (χ1) is 12.6. The van der Waals surface area contributed by atoms with Gasteiger partial charge in [0.15, 0.2) is 0 Å². The minimum Gasteiger partial charge on any atom is -0.385 e. The van der Waals surface area contributed by atoms with Gasteiger partial charge in [-0.1, -0.05) is 6.92 Å². The molecule has 0 unspecified atom stereocenters. The highest BCUT2D eigenvalue weighted by Gasteiger charge is 2.15. The molecule has 0 spiro atoms. The molecule has 0 saturated carbocycles. The molecule has 1 amide bonds. The number of amides is 1. The quantitative estimate of drug-likeness (QED) is 0.802. The fourth-order valence-corrected chi connectivity index (χ4v) is 3.13. The number of nitrogens with zero attached hydrogens (tertiary/aromatic N) is 1. The van der Waals surface area contributed by atoms with E-state index in [2.05, 4.69) is 34.6 Å². The number of benzene rings is 2. The van der Waals surface area contributed by atoms with Crippen LogP contribution in [0.2, 0.25) is 0 Å². The number of halogens is 1. The van der Waals surface area contributed by atoms with Crippen LogP contribution in [0.15, 0.2) is 48.5 Å². The van der Waals surface area contributed by atoms with Crippen LogP contribution < -0.4 is 15.5 Å². The Bertz CT molecular complexity index is 707. The van der Waals surface area contributed by atoms with Crippen LogP contribution in [0, 0.1) is 11.7 Å². The summed E-state index contributed by atoms with van der Waals surface area (Å²) in [6.45, 7) is 5.01. The Kier molecular flexibility index (Phi) is 6.10. The SMILES string of the molecule is CC1CCN(c2ccc(NC(=O)CCNc3ccc(F)cc3)cc2)CC1. The van der Waals surface area contributed by atoms with Gasteiger partial charge in [-0.2, -0.15) is 0 Å². The second-order valence-corrected chi connectivity index (χ2v) is 6.95. The van der Waals surface area contributed by atoms with E-state index in [0.717, 1.165) is 30.4 Å². The largest absolute Gasteiger partial charge is 0.385 e. The van der Waals surface area contributed by atoms with Gasteiger partial charge in [-0.05, 0) is 67.3 Å². The lowest BCUT2D eigenvalue weighted by molar-refractivity contribution is -0.115. The van der Waals surface area contributed by atoms with Crippen LogP contribution >= 0.6 is 0 Å². The third-order valence-corrected chi connectivity index (χ3v) is 4.83. The minimum absolute atomic E-state index is 0.0424. The van der Waals surface area contributed by atoms with Crippen LogP contribution in [-0.4, -0.2) is 25.5 Å². The standard InChI is InChI=1S/C21H26FN3O/c1-16-11-14-25(15-12-16)20-8-6-19(7-9-20)24-21(26)10-13-23-18-4-2-17(22)3-5-18/h2-9,16,23H,10-15H2,1H3,(H,24,26). The van der Waals surface area contributed by atoms with Gasteiger partial charge in [0.2, 0.25) is 5.91 Å². The molecular formula is C21H26FN3O. The summed E-state index contributed by atoms with van der Waals surface area (Å²) < 4.78 is 12.8. The molecule has 1 saturated heterocycles. The molecule has 1 fully saturated rings. The van der Waals surface area contributed by atoms with Crippen molar-refractivity contribution in [1.82, 2.24) is 0 Å². The normalized spacial score (nSPS) is 14.9. The Labute approximate surface area is 154 Å². The van der Waals surface area contributed by atoms with Crippen LogP contribution in [0.1, 0.15) is 26.2 Å². The zero-order valence-electron chi connectivity index (χ0n) is 15.2. The van der Waals surface area contributed by atoms with E-state index < -0.39 is 0 Å². The molecule has 2 aromatic rings. The van der Waals surface area contributed by atoms with E-state index in [0.29, 0.717) is 13.0 Å². The van der Waals surface area contributed by atoms with Crippen molar-refractivity contribution >= 4 is 23.0 Å². The highest BCUT2D eigenvalue weighted by Crippen LogP contribution is 2.24. The molecule has 0 radical (unpaired) electrons. The van der Waals surface area contributed by atoms with Crippen LogP contribution in [0.4, 0.5) is 21.5 Å². The number of carbonyl (C=O) groups excluding carboxylic acids is 1. The van der Waals surface area contributed by atoms with E-state index in [-0.39, 0.29) is 11.7 Å². The lowest BCUT2D eigenvalue weighted by atomic mass is 9.99. The number of hydrogen-bond donors (Lipinski definition) is 2. The molecule has 138 valence electrons. The fourth-order valence-electron chi connectivity index (χ4n) is 3.13. The smallest absolute Gasteiger partial charge is 0.226 e. The summed E-state index contributed by atoms with van der Waals surface area (Å²) in [5.41, 5.74) is 2.83. The second kappa shape index (κ2) is 8.70. The molecule has 0 aliphatic carbocycles. The van der Waals surface area contributed by atoms with Gasteiger partial charge in [-0.3, -0.25) is 4.79 Å². The predicted molar refractivity (Wildman–Crippen MR) is 105 cm³/mol. The van der Waals surface area contributed by atoms with Crippen molar-refractivity contribution in [2.45, 2.75) is 26.2 Å². The molecule has 0 bridgehead atoms. The molecule has 5 heteroatoms. The molecule has 2 aromatic carbocycles. The summed E-state index contributed by atoms with van der Waals surface area (Å²) in [4.78, 5) is 14.5. The number of nitrogens with one attached hydrogen (secondary N) is 2. The van der Waals surface area contributed by atoms with Crippen molar-refractivity contribution < 1.29 is 9.18 Å². The maximum Gasteiger partial charge on any atom is 0.226 e. The molecule has 0 atom stereocenters. The Morgan fingerprint density at radius 2 is 1.65 bits per heavy atom. The van der Waals surface area contributed by atoms with Gasteiger partial charge in [-0.15, -0.1) is 0 Å². The number of anilines is 3. The molecule has 2 N–H and O–H groups in total. The number of carbonyl (C=O) groups is 1. The van der Waals surface area contributed by atoms with Crippen LogP contribution in [0.25, 0.3) is 0 Å². The van der Waals surface area contributed by atoms with E-state index in [4.69, 9.17) is 0 Å². The molecule has 4 nitrogen and oxygen atoms in total. The molecule has 1 aliphatic heterocycles. The molecule has 1 heterocycles. The van der Waals surface area contributed by atoms with Gasteiger partial charge in [0, 0.05) is 43.1 Å². The average Bonchev–Trinajstić information content (AvgIpc) is 2.65. The number of piperidine rings is 1. The van der Waals surface area contributed by atoms with Crippen molar-refractivity contribution in [3.05, 3.63) is 54.3 Å². The highest BCUT2D eigenvalue weighted by atomic mass is 19.1. The van der Waals surface area contributed by atoms with Gasteiger partial charge in [0.05, 0.1) is 0 Å². The lowest BCUT2D eigenvalue weighted by Gasteiger charge is -2.32. The first kappa shape index (κ1) is 18.2. The molecule has 1 aliphatic rings. The van der Waals surface area contributed by atoms with Crippen molar-refractivity contribution in [2.75, 3.05) is 35.2 Å². The van der Waals surface area contributed by atoms with Crippen LogP contribution in [0.5, 0.6) is 0 Å². The zero-order chi connectivity index (χ0) is 18.4. The maximum absolute atomic E-state index is 12.8. The first-order valence-electron chi connectivity index (χ1n) is 9.24. The van der Waals surface area contributed by atoms with Gasteiger partial charge in [0.1, 0.15) is 5.82 Å². The third kappa shape index (κ3) is 5.22. The Morgan fingerprint density at radius 3 is 2.31 bits per heavy atom. The van der Waals surface area contributed by atoms with Crippen molar-refractivity contribution in [3.63, 3.8) is 0 Å². The Balaban J connectivity index is 1.43. The van der Waals surface area contributed by atoms with E-state index in [1.165, 1.54) is 30.7 Å². The lowest BCUT2D eigenvalue weighted by Crippen LogP contribution is -2.32. The second-order valence-electron chi connectivity index (χ2n) is 6.95. The van der Waals surface area contributed by atoms with E-state index in [9.17, 15) is 9.18 Å². The van der Waals surface area contributed by atoms with Gasteiger partial charge in [0.25, 0.3) is 0 Å². The fraction of sp³-hybridized carbons (Fsp3) is 0.381. The van der Waals surface area contributed by atoms with E-state index in [1.54, 1.807) is 12.1 Å². The van der Waals surface area contributed by atoms with Gasteiger partial charge >= 0.3 is 0 Å². The summed E-state index contributed by atoms with van der Waals surface area (Å²) >= 11 is 0. The Hall–Kier alpha value is -2.56. The van der Waals surface area contributed by atoms with Crippen molar-refractivity contribution in [2.24, 2.45) is 5.92 Å². The maximum atomic E-state index is 12.8. The molecule has 26 heavy (non-hydrogen) atoms. The van der Waals surface area contributed by atoms with Gasteiger partial charge in [-0.25, -0.2) is 4.39 Å². The number of rotatable bonds is 6. The third-order valence-electron chi connectivity index (χ3n) is 4.83. The van der Waals surface area contributed by atoms with E-state index >= 15 is 0 Å². The topological polar surface area (TPSA) is 44.4 Å². The number of hydrogen-bond acceptors (Lipinski definition) is 3. The zero-order valence-corrected chi connectivity index (χ0v) is 15.2. The first-order valence-corrected chi connectivity index (χ1v) is 9.24. The van der Waals surface area contributed by atoms with Crippen molar-refractivity contribution in [1.29, 1.82) is 0 Å². The summed E-state index contributed by atoms with van der Waals surface area (Å²) in [5, 5.41) is 6.03. The summed E-state index contributed by atoms with van der Waals surface area (Å²) in [6, 6.07) is 14.2. The predicted octanol–water partition coefficient (Wildman–Crippen LogP) is 4.50. The van der Waals surface area contributed by atoms with E-state index in [1.807, 2.05) is 12.1 Å².